The first-order valence-corrected chi connectivity index (χ1v) is 12.1. The first kappa shape index (κ1) is 24.5. The normalized spacial score (nSPS) is 10.5. The molecule has 0 saturated heterocycles. The Morgan fingerprint density at radius 2 is 0.895 bits per heavy atom. The lowest BCUT2D eigenvalue weighted by Gasteiger charge is -2.12. The third-order valence-corrected chi connectivity index (χ3v) is 6.42. The molecule has 0 saturated carbocycles. The molecule has 0 fully saturated rings. The van der Waals surface area contributed by atoms with Gasteiger partial charge in [0, 0.05) is 0 Å². The fourth-order valence-corrected chi connectivity index (χ4v) is 4.46. The molecule has 0 spiro atoms. The fraction of sp³-hybridized carbons (Fsp3) is 0. The molecular formula is C34H24O4. The second-order valence-corrected chi connectivity index (χ2v) is 8.86. The number of hydrogen-bond donors (Lipinski definition) is 2. The largest absolute Gasteiger partial charge is 0.478 e. The van der Waals surface area contributed by atoms with E-state index in [1.165, 1.54) is 12.1 Å². The van der Waals surface area contributed by atoms with Crippen LogP contribution < -0.4 is 0 Å². The van der Waals surface area contributed by atoms with Crippen LogP contribution in [0.1, 0.15) is 37.4 Å². The summed E-state index contributed by atoms with van der Waals surface area (Å²) in [5.41, 5.74) is 7.33. The van der Waals surface area contributed by atoms with Crippen molar-refractivity contribution < 1.29 is 19.8 Å². The van der Waals surface area contributed by atoms with Gasteiger partial charge < -0.3 is 10.2 Å². The number of carbonyl (C=O) groups is 2. The molecule has 4 nitrogen and oxygen atoms in total. The van der Waals surface area contributed by atoms with Gasteiger partial charge in [-0.05, 0) is 62.7 Å². The Hall–Kier alpha value is -5.22. The highest BCUT2D eigenvalue weighted by Crippen LogP contribution is 2.31. The van der Waals surface area contributed by atoms with E-state index >= 15 is 0 Å². The van der Waals surface area contributed by atoms with E-state index in [0.717, 1.165) is 39.0 Å². The van der Waals surface area contributed by atoms with E-state index in [4.69, 9.17) is 0 Å². The van der Waals surface area contributed by atoms with Crippen LogP contribution in [-0.4, -0.2) is 22.2 Å². The average Bonchev–Trinajstić information content (AvgIpc) is 2.97. The number of hydrogen-bond acceptors (Lipinski definition) is 2. The van der Waals surface area contributed by atoms with Crippen molar-refractivity contribution in [3.8, 4) is 22.3 Å². The van der Waals surface area contributed by atoms with Crippen molar-refractivity contribution in [3.63, 3.8) is 0 Å². The molecule has 0 aliphatic carbocycles. The summed E-state index contributed by atoms with van der Waals surface area (Å²) in [6.45, 7) is 0. The predicted octanol–water partition coefficient (Wildman–Crippen LogP) is 8.01. The van der Waals surface area contributed by atoms with Crippen molar-refractivity contribution in [2.45, 2.75) is 0 Å². The van der Waals surface area contributed by atoms with E-state index in [-0.39, 0.29) is 11.1 Å². The van der Waals surface area contributed by atoms with E-state index in [2.05, 4.69) is 48.5 Å². The number of carboxylic acid groups (broad SMARTS) is 2. The lowest BCUT2D eigenvalue weighted by atomic mass is 9.92. The first-order chi connectivity index (χ1) is 18.5. The average molecular weight is 497 g/mol. The summed E-state index contributed by atoms with van der Waals surface area (Å²) in [5, 5.41) is 19.0. The van der Waals surface area contributed by atoms with Gasteiger partial charge >= 0.3 is 11.9 Å². The molecule has 5 aromatic carbocycles. The zero-order chi connectivity index (χ0) is 26.5. The van der Waals surface area contributed by atoms with Gasteiger partial charge in [-0.25, -0.2) is 9.59 Å². The van der Waals surface area contributed by atoms with Crippen LogP contribution in [0.25, 0.3) is 33.9 Å². The van der Waals surface area contributed by atoms with Gasteiger partial charge in [0.25, 0.3) is 0 Å². The second-order valence-electron chi connectivity index (χ2n) is 8.86. The van der Waals surface area contributed by atoms with E-state index in [0.29, 0.717) is 5.56 Å². The van der Waals surface area contributed by atoms with Crippen molar-refractivity contribution in [3.05, 3.63) is 155 Å². The molecule has 0 amide bonds. The molecular weight excluding hydrogens is 472 g/mol. The molecule has 5 rings (SSSR count). The van der Waals surface area contributed by atoms with Gasteiger partial charge in [-0.2, -0.15) is 0 Å². The molecule has 0 aliphatic heterocycles. The summed E-state index contributed by atoms with van der Waals surface area (Å²) in [6.07, 6.45) is 1.90. The molecule has 0 radical (unpaired) electrons. The summed E-state index contributed by atoms with van der Waals surface area (Å²) in [7, 11) is 0. The van der Waals surface area contributed by atoms with Crippen molar-refractivity contribution in [2.75, 3.05) is 0 Å². The Bertz CT molecular complexity index is 1530. The van der Waals surface area contributed by atoms with Crippen LogP contribution in [0, 0.1) is 0 Å². The minimum atomic E-state index is -1.28. The Morgan fingerprint density at radius 1 is 0.474 bits per heavy atom. The van der Waals surface area contributed by atoms with Crippen LogP contribution in [-0.2, 0) is 0 Å². The highest BCUT2D eigenvalue weighted by Gasteiger charge is 2.16. The zero-order valence-corrected chi connectivity index (χ0v) is 20.4. The van der Waals surface area contributed by atoms with Gasteiger partial charge in [-0.15, -0.1) is 0 Å². The smallest absolute Gasteiger partial charge is 0.336 e. The van der Waals surface area contributed by atoms with E-state index < -0.39 is 11.9 Å². The molecule has 0 heterocycles. The van der Waals surface area contributed by atoms with Crippen molar-refractivity contribution in [1.29, 1.82) is 0 Å². The van der Waals surface area contributed by atoms with Gasteiger partial charge in [-0.3, -0.25) is 0 Å². The maximum atomic E-state index is 11.8. The lowest BCUT2D eigenvalue weighted by molar-refractivity contribution is 0.0651. The molecule has 5 aromatic rings. The Balaban J connectivity index is 1.60. The van der Waals surface area contributed by atoms with Gasteiger partial charge in [-0.1, -0.05) is 115 Å². The lowest BCUT2D eigenvalue weighted by Crippen LogP contribution is -2.08. The molecule has 0 unspecified atom stereocenters. The number of rotatable bonds is 7. The van der Waals surface area contributed by atoms with Crippen molar-refractivity contribution in [1.82, 2.24) is 0 Å². The third kappa shape index (κ3) is 5.30. The van der Waals surface area contributed by atoms with Gasteiger partial charge in [0.2, 0.25) is 0 Å². The summed E-state index contributed by atoms with van der Waals surface area (Å²) < 4.78 is 0. The topological polar surface area (TPSA) is 74.6 Å². The van der Waals surface area contributed by atoms with E-state index in [1.54, 1.807) is 6.07 Å². The van der Waals surface area contributed by atoms with Crippen LogP contribution in [0.4, 0.5) is 0 Å². The summed E-state index contributed by atoms with van der Waals surface area (Å²) in [4.78, 5) is 23.3. The Labute approximate surface area is 220 Å². The first-order valence-electron chi connectivity index (χ1n) is 12.1. The molecule has 184 valence electrons. The highest BCUT2D eigenvalue weighted by atomic mass is 16.4. The van der Waals surface area contributed by atoms with E-state index in [9.17, 15) is 19.8 Å². The van der Waals surface area contributed by atoms with Gasteiger partial charge in [0.05, 0.1) is 11.1 Å². The summed E-state index contributed by atoms with van der Waals surface area (Å²) >= 11 is 0. The van der Waals surface area contributed by atoms with Gasteiger partial charge in [0.15, 0.2) is 0 Å². The van der Waals surface area contributed by atoms with Crippen LogP contribution >= 0.6 is 0 Å². The predicted molar refractivity (Wildman–Crippen MR) is 151 cm³/mol. The molecule has 0 aliphatic rings. The summed E-state index contributed by atoms with van der Waals surface area (Å²) in [5.74, 6) is -2.55. The third-order valence-electron chi connectivity index (χ3n) is 6.42. The van der Waals surface area contributed by atoms with Crippen LogP contribution in [0.3, 0.4) is 0 Å². The van der Waals surface area contributed by atoms with Gasteiger partial charge in [0.1, 0.15) is 0 Å². The standard InChI is InChI=1S/C34H24O4/c35-33(36)30-20-11-23(22-32(30)34(37)38)21-31(28-16-12-26(13-17-28)24-7-3-1-4-8-24)29-18-14-27(15-19-29)25-9-5-2-6-10-25/h1-22H,(H,35,36)(H,37,38). The van der Waals surface area contributed by atoms with E-state index in [1.807, 2.05) is 66.7 Å². The zero-order valence-electron chi connectivity index (χ0n) is 20.4. The highest BCUT2D eigenvalue weighted by molar-refractivity contribution is 6.03. The molecule has 0 aromatic heterocycles. The van der Waals surface area contributed by atoms with Crippen molar-refractivity contribution in [2.24, 2.45) is 0 Å². The maximum absolute atomic E-state index is 11.8. The minimum Gasteiger partial charge on any atom is -0.478 e. The van der Waals surface area contributed by atoms with Crippen molar-refractivity contribution >= 4 is 23.6 Å². The number of benzene rings is 5. The molecule has 4 heteroatoms. The number of aromatic carboxylic acids is 2. The molecule has 0 bridgehead atoms. The maximum Gasteiger partial charge on any atom is 0.336 e. The van der Waals surface area contributed by atoms with Crippen LogP contribution in [0.2, 0.25) is 0 Å². The fourth-order valence-electron chi connectivity index (χ4n) is 4.46. The SMILES string of the molecule is O=C(O)c1ccc(C=C(c2ccc(-c3ccccc3)cc2)c2ccc(-c3ccccc3)cc2)cc1C(=O)O. The molecule has 0 atom stereocenters. The number of carboxylic acids is 2. The van der Waals surface area contributed by atoms with Crippen LogP contribution in [0.15, 0.2) is 127 Å². The Morgan fingerprint density at radius 3 is 1.32 bits per heavy atom. The monoisotopic (exact) mass is 496 g/mol. The quantitative estimate of drug-likeness (QED) is 0.224. The molecule has 2 N–H and O–H groups in total. The molecule has 38 heavy (non-hydrogen) atoms. The minimum absolute atomic E-state index is 0.240. The Kier molecular flexibility index (Phi) is 6.96. The van der Waals surface area contributed by atoms with Crippen LogP contribution in [0.5, 0.6) is 0 Å². The summed E-state index contributed by atoms with van der Waals surface area (Å²) in [6, 6.07) is 41.0. The second kappa shape index (κ2) is 10.8.